The first-order valence-electron chi connectivity index (χ1n) is 10.2. The smallest absolute Gasteiger partial charge is 0.264 e. The molecule has 0 aliphatic rings. The van der Waals surface area contributed by atoms with Crippen molar-refractivity contribution in [3.8, 4) is 5.75 Å². The topological polar surface area (TPSA) is 75.7 Å². The highest BCUT2D eigenvalue weighted by Crippen LogP contribution is 2.32. The van der Waals surface area contributed by atoms with Gasteiger partial charge in [0.1, 0.15) is 12.3 Å². The van der Waals surface area contributed by atoms with Gasteiger partial charge in [0.2, 0.25) is 5.91 Å². The summed E-state index contributed by atoms with van der Waals surface area (Å²) >= 11 is 12.1. The van der Waals surface area contributed by atoms with Crippen LogP contribution in [-0.4, -0.2) is 27.5 Å². The zero-order chi connectivity index (χ0) is 24.0. The van der Waals surface area contributed by atoms with Gasteiger partial charge < -0.3 is 10.1 Å². The molecule has 9 heteroatoms. The molecule has 3 rings (SSSR count). The zero-order valence-corrected chi connectivity index (χ0v) is 20.5. The molecule has 6 nitrogen and oxygen atoms in total. The fourth-order valence-electron chi connectivity index (χ4n) is 3.12. The van der Waals surface area contributed by atoms with Crippen LogP contribution in [0, 0.1) is 6.92 Å². The van der Waals surface area contributed by atoms with Crippen molar-refractivity contribution in [3.05, 3.63) is 87.9 Å². The number of rotatable bonds is 9. The van der Waals surface area contributed by atoms with Crippen LogP contribution >= 0.6 is 23.2 Å². The van der Waals surface area contributed by atoms with Crippen LogP contribution in [0.25, 0.3) is 0 Å². The fourth-order valence-corrected chi connectivity index (χ4v) is 5.03. The minimum Gasteiger partial charge on any atom is -0.492 e. The fraction of sp³-hybridized carbons (Fsp3) is 0.208. The number of sulfonamides is 1. The van der Waals surface area contributed by atoms with Gasteiger partial charge in [0.15, 0.2) is 0 Å². The van der Waals surface area contributed by atoms with Gasteiger partial charge in [0.05, 0.1) is 17.2 Å². The van der Waals surface area contributed by atoms with E-state index in [1.54, 1.807) is 61.5 Å². The minimum absolute atomic E-state index is 0.0768. The summed E-state index contributed by atoms with van der Waals surface area (Å²) in [6, 6.07) is 18.1. The second-order valence-electron chi connectivity index (χ2n) is 7.24. The maximum atomic E-state index is 13.6. The number of halogens is 2. The predicted octanol–water partition coefficient (Wildman–Crippen LogP) is 5.21. The summed E-state index contributed by atoms with van der Waals surface area (Å²) in [6.45, 7) is 3.70. The highest BCUT2D eigenvalue weighted by atomic mass is 35.5. The number of nitrogens with zero attached hydrogens (tertiary/aromatic N) is 1. The molecule has 33 heavy (non-hydrogen) atoms. The van der Waals surface area contributed by atoms with Gasteiger partial charge in [-0.3, -0.25) is 9.10 Å². The van der Waals surface area contributed by atoms with Gasteiger partial charge in [-0.25, -0.2) is 8.42 Å². The average Bonchev–Trinajstić information content (AvgIpc) is 2.78. The second-order valence-corrected chi connectivity index (χ2v) is 9.94. The van der Waals surface area contributed by atoms with Crippen LogP contribution in [0.3, 0.4) is 0 Å². The van der Waals surface area contributed by atoms with Crippen LogP contribution < -0.4 is 14.4 Å². The molecule has 0 spiro atoms. The van der Waals surface area contributed by atoms with E-state index < -0.39 is 22.5 Å². The minimum atomic E-state index is -4.05. The monoisotopic (exact) mass is 506 g/mol. The van der Waals surface area contributed by atoms with E-state index in [0.29, 0.717) is 28.0 Å². The normalized spacial score (nSPS) is 11.2. The van der Waals surface area contributed by atoms with Crippen LogP contribution in [-0.2, 0) is 21.4 Å². The molecular formula is C24H24Cl2N2O4S. The molecule has 0 radical (unpaired) electrons. The van der Waals surface area contributed by atoms with E-state index in [0.717, 1.165) is 9.87 Å². The number of nitrogens with one attached hydrogen (secondary N) is 1. The molecular weight excluding hydrogens is 483 g/mol. The summed E-state index contributed by atoms with van der Waals surface area (Å²) in [5.41, 5.74) is 1.87. The third-order valence-corrected chi connectivity index (χ3v) is 7.18. The van der Waals surface area contributed by atoms with E-state index in [2.05, 4.69) is 5.32 Å². The molecule has 0 atom stereocenters. The number of para-hydroxylation sites is 2. The largest absolute Gasteiger partial charge is 0.492 e. The SMILES string of the molecule is CCOc1ccccc1N(CC(=O)NCc1ccc(Cl)cc1Cl)S(=O)(=O)c1ccc(C)cc1. The van der Waals surface area contributed by atoms with Crippen molar-refractivity contribution in [2.75, 3.05) is 17.5 Å². The van der Waals surface area contributed by atoms with E-state index >= 15 is 0 Å². The Hall–Kier alpha value is -2.74. The van der Waals surface area contributed by atoms with Crippen molar-refractivity contribution >= 4 is 44.8 Å². The van der Waals surface area contributed by atoms with Gasteiger partial charge in [0, 0.05) is 16.6 Å². The van der Waals surface area contributed by atoms with Crippen LogP contribution in [0.2, 0.25) is 10.0 Å². The number of benzene rings is 3. The summed E-state index contributed by atoms with van der Waals surface area (Å²) in [6.07, 6.45) is 0. The molecule has 0 unspecified atom stereocenters. The maximum absolute atomic E-state index is 13.6. The molecule has 3 aromatic rings. The first kappa shape index (κ1) is 24.9. The predicted molar refractivity (Wildman–Crippen MR) is 132 cm³/mol. The Bertz CT molecular complexity index is 1230. The molecule has 1 N–H and O–H groups in total. The van der Waals surface area contributed by atoms with E-state index in [1.807, 2.05) is 6.92 Å². The summed E-state index contributed by atoms with van der Waals surface area (Å²) in [5, 5.41) is 3.63. The molecule has 0 saturated carbocycles. The molecule has 0 bridgehead atoms. The summed E-state index contributed by atoms with van der Waals surface area (Å²) in [5.74, 6) is -0.132. The summed E-state index contributed by atoms with van der Waals surface area (Å²) in [7, 11) is -4.05. The Kier molecular flexibility index (Phi) is 8.24. The van der Waals surface area contributed by atoms with Gasteiger partial charge in [-0.1, -0.05) is 59.1 Å². The van der Waals surface area contributed by atoms with E-state index in [-0.39, 0.29) is 17.1 Å². The number of carbonyl (C=O) groups excluding carboxylic acids is 1. The average molecular weight is 507 g/mol. The number of ether oxygens (including phenoxy) is 1. The van der Waals surface area contributed by atoms with Crippen LogP contribution in [0.1, 0.15) is 18.1 Å². The van der Waals surface area contributed by atoms with Crippen molar-refractivity contribution in [2.45, 2.75) is 25.3 Å². The quantitative estimate of drug-likeness (QED) is 0.432. The van der Waals surface area contributed by atoms with Crippen molar-refractivity contribution in [1.29, 1.82) is 0 Å². The van der Waals surface area contributed by atoms with E-state index in [4.69, 9.17) is 27.9 Å². The van der Waals surface area contributed by atoms with Gasteiger partial charge in [-0.05, 0) is 55.8 Å². The Balaban J connectivity index is 1.92. The number of amides is 1. The lowest BCUT2D eigenvalue weighted by molar-refractivity contribution is -0.119. The Labute approximate surface area is 204 Å². The molecule has 3 aromatic carbocycles. The molecule has 1 amide bonds. The number of hydrogen-bond acceptors (Lipinski definition) is 4. The standard InChI is InChI=1S/C24H24Cl2N2O4S/c1-3-32-23-7-5-4-6-22(23)28(33(30,31)20-12-8-17(2)9-13-20)16-24(29)27-15-18-10-11-19(25)14-21(18)26/h4-14H,3,15-16H2,1-2H3,(H,27,29). The van der Waals surface area contributed by atoms with Gasteiger partial charge in [-0.15, -0.1) is 0 Å². The number of hydrogen-bond donors (Lipinski definition) is 1. The summed E-state index contributed by atoms with van der Waals surface area (Å²) < 4.78 is 33.8. The van der Waals surface area contributed by atoms with Crippen molar-refractivity contribution in [1.82, 2.24) is 5.32 Å². The lowest BCUT2D eigenvalue weighted by atomic mass is 10.2. The van der Waals surface area contributed by atoms with Crippen LogP contribution in [0.4, 0.5) is 5.69 Å². The highest BCUT2D eigenvalue weighted by Gasteiger charge is 2.29. The number of carbonyl (C=O) groups is 1. The third kappa shape index (κ3) is 6.19. The van der Waals surface area contributed by atoms with Gasteiger partial charge >= 0.3 is 0 Å². The first-order chi connectivity index (χ1) is 15.7. The van der Waals surface area contributed by atoms with Crippen molar-refractivity contribution in [2.24, 2.45) is 0 Å². The lowest BCUT2D eigenvalue weighted by Crippen LogP contribution is -2.41. The molecule has 0 aliphatic carbocycles. The lowest BCUT2D eigenvalue weighted by Gasteiger charge is -2.26. The van der Waals surface area contributed by atoms with Gasteiger partial charge in [-0.2, -0.15) is 0 Å². The Morgan fingerprint density at radius 2 is 1.73 bits per heavy atom. The molecule has 0 aromatic heterocycles. The highest BCUT2D eigenvalue weighted by molar-refractivity contribution is 7.92. The maximum Gasteiger partial charge on any atom is 0.264 e. The molecule has 0 fully saturated rings. The third-order valence-electron chi connectivity index (χ3n) is 4.82. The molecule has 0 heterocycles. The summed E-state index contributed by atoms with van der Waals surface area (Å²) in [4.78, 5) is 12.9. The Morgan fingerprint density at radius 3 is 2.39 bits per heavy atom. The molecule has 0 aliphatic heterocycles. The van der Waals surface area contributed by atoms with Crippen LogP contribution in [0.5, 0.6) is 5.75 Å². The number of aryl methyl sites for hydroxylation is 1. The van der Waals surface area contributed by atoms with Crippen LogP contribution in [0.15, 0.2) is 71.6 Å². The van der Waals surface area contributed by atoms with Crippen molar-refractivity contribution < 1.29 is 17.9 Å². The molecule has 0 saturated heterocycles. The first-order valence-corrected chi connectivity index (χ1v) is 12.4. The van der Waals surface area contributed by atoms with Gasteiger partial charge in [0.25, 0.3) is 10.0 Å². The van der Waals surface area contributed by atoms with Crippen molar-refractivity contribution in [3.63, 3.8) is 0 Å². The second kappa shape index (κ2) is 10.9. The zero-order valence-electron chi connectivity index (χ0n) is 18.2. The molecule has 174 valence electrons. The number of anilines is 1. The van der Waals surface area contributed by atoms with E-state index in [1.165, 1.54) is 12.1 Å². The Morgan fingerprint density at radius 1 is 1.03 bits per heavy atom. The van der Waals surface area contributed by atoms with E-state index in [9.17, 15) is 13.2 Å².